The summed E-state index contributed by atoms with van der Waals surface area (Å²) in [7, 11) is 1.65. The van der Waals surface area contributed by atoms with Crippen LogP contribution in [-0.4, -0.2) is 44.5 Å². The van der Waals surface area contributed by atoms with Gasteiger partial charge in [0.2, 0.25) is 0 Å². The third-order valence-electron chi connectivity index (χ3n) is 3.63. The molecule has 9 heteroatoms. The standard InChI is InChI=1S/C19H26ClN3O3S.HI/c1-3-21-19(23-13-16(24)17-8-9-18(20)27-17)22-12-14-4-6-15(7-5-14)26-11-10-25-2;/h4-9,16,24H,3,10-13H2,1-2H3,(H2,21,22,23);1H. The smallest absolute Gasteiger partial charge is 0.191 e. The van der Waals surface area contributed by atoms with Crippen molar-refractivity contribution < 1.29 is 14.6 Å². The highest BCUT2D eigenvalue weighted by molar-refractivity contribution is 14.0. The highest BCUT2D eigenvalue weighted by Crippen LogP contribution is 2.26. The number of nitrogens with one attached hydrogen (secondary N) is 2. The number of ether oxygens (including phenoxy) is 2. The third-order valence-corrected chi connectivity index (χ3v) is 4.96. The largest absolute Gasteiger partial charge is 0.491 e. The molecular weight excluding hydrogens is 513 g/mol. The minimum absolute atomic E-state index is 0. The molecule has 0 spiro atoms. The monoisotopic (exact) mass is 539 g/mol. The number of rotatable bonds is 10. The fourth-order valence-corrected chi connectivity index (χ4v) is 3.29. The molecule has 1 unspecified atom stereocenters. The van der Waals surface area contributed by atoms with Crippen molar-refractivity contribution in [3.63, 3.8) is 0 Å². The lowest BCUT2D eigenvalue weighted by atomic mass is 10.2. The zero-order valence-electron chi connectivity index (χ0n) is 16.0. The van der Waals surface area contributed by atoms with Gasteiger partial charge >= 0.3 is 0 Å². The fraction of sp³-hybridized carbons (Fsp3) is 0.421. The van der Waals surface area contributed by atoms with E-state index in [0.717, 1.165) is 22.7 Å². The van der Waals surface area contributed by atoms with Gasteiger partial charge in [-0.15, -0.1) is 35.3 Å². The Labute approximate surface area is 192 Å². The van der Waals surface area contributed by atoms with Crippen LogP contribution in [-0.2, 0) is 11.3 Å². The van der Waals surface area contributed by atoms with Crippen molar-refractivity contribution in [2.75, 3.05) is 33.4 Å². The number of thiophene rings is 1. The van der Waals surface area contributed by atoms with Crippen molar-refractivity contribution in [1.82, 2.24) is 10.6 Å². The predicted octanol–water partition coefficient (Wildman–Crippen LogP) is 3.83. The summed E-state index contributed by atoms with van der Waals surface area (Å²) in [6.45, 7) is 4.70. The van der Waals surface area contributed by atoms with Gasteiger partial charge in [-0.25, -0.2) is 4.99 Å². The first-order chi connectivity index (χ1) is 13.1. The Morgan fingerprint density at radius 1 is 1.18 bits per heavy atom. The van der Waals surface area contributed by atoms with Crippen LogP contribution in [0, 0.1) is 0 Å². The summed E-state index contributed by atoms with van der Waals surface area (Å²) >= 11 is 7.29. The molecule has 156 valence electrons. The van der Waals surface area contributed by atoms with Crippen molar-refractivity contribution in [2.45, 2.75) is 19.6 Å². The molecule has 2 rings (SSSR count). The van der Waals surface area contributed by atoms with Gasteiger partial charge in [0.25, 0.3) is 0 Å². The lowest BCUT2D eigenvalue weighted by Crippen LogP contribution is -2.39. The SMILES string of the molecule is CCNC(=NCc1ccc(OCCOC)cc1)NCC(O)c1ccc(Cl)s1.I. The van der Waals surface area contributed by atoms with Crippen LogP contribution in [0.5, 0.6) is 5.75 Å². The average Bonchev–Trinajstić information content (AvgIpc) is 3.11. The second kappa shape index (κ2) is 14.0. The van der Waals surface area contributed by atoms with Gasteiger partial charge in [0.05, 0.1) is 17.5 Å². The van der Waals surface area contributed by atoms with E-state index in [9.17, 15) is 5.11 Å². The molecule has 0 bridgehead atoms. The Hall–Kier alpha value is -1.07. The highest BCUT2D eigenvalue weighted by atomic mass is 127. The van der Waals surface area contributed by atoms with E-state index < -0.39 is 6.10 Å². The lowest BCUT2D eigenvalue weighted by molar-refractivity contribution is 0.146. The molecule has 1 aromatic carbocycles. The average molecular weight is 540 g/mol. The summed E-state index contributed by atoms with van der Waals surface area (Å²) in [5.74, 6) is 1.46. The van der Waals surface area contributed by atoms with E-state index in [0.29, 0.717) is 36.6 Å². The molecule has 0 radical (unpaired) electrons. The lowest BCUT2D eigenvalue weighted by Gasteiger charge is -2.14. The molecule has 0 aliphatic carbocycles. The first-order valence-corrected chi connectivity index (χ1v) is 9.98. The van der Waals surface area contributed by atoms with Crippen LogP contribution >= 0.6 is 46.9 Å². The second-order valence-corrected chi connectivity index (χ2v) is 7.47. The van der Waals surface area contributed by atoms with Crippen molar-refractivity contribution in [2.24, 2.45) is 4.99 Å². The molecule has 3 N–H and O–H groups in total. The summed E-state index contributed by atoms with van der Waals surface area (Å²) in [6.07, 6.45) is -0.630. The van der Waals surface area contributed by atoms with Crippen LogP contribution in [0.1, 0.15) is 23.5 Å². The molecule has 2 aromatic rings. The first-order valence-electron chi connectivity index (χ1n) is 8.78. The highest BCUT2D eigenvalue weighted by Gasteiger charge is 2.11. The number of methoxy groups -OCH3 is 1. The minimum atomic E-state index is -0.630. The molecule has 0 aliphatic heterocycles. The predicted molar refractivity (Wildman–Crippen MR) is 126 cm³/mol. The zero-order valence-corrected chi connectivity index (χ0v) is 19.9. The molecule has 0 saturated heterocycles. The summed E-state index contributed by atoms with van der Waals surface area (Å²) in [6, 6.07) is 11.4. The number of halogens is 2. The molecule has 1 aromatic heterocycles. The second-order valence-electron chi connectivity index (χ2n) is 5.72. The molecule has 1 heterocycles. The Bertz CT molecular complexity index is 713. The maximum atomic E-state index is 10.2. The molecule has 28 heavy (non-hydrogen) atoms. The summed E-state index contributed by atoms with van der Waals surface area (Å²) in [5, 5.41) is 16.6. The number of nitrogens with zero attached hydrogens (tertiary/aromatic N) is 1. The van der Waals surface area contributed by atoms with E-state index >= 15 is 0 Å². The van der Waals surface area contributed by atoms with Gasteiger partial charge in [-0.05, 0) is 36.8 Å². The number of guanidine groups is 1. The van der Waals surface area contributed by atoms with E-state index in [1.807, 2.05) is 37.3 Å². The van der Waals surface area contributed by atoms with Gasteiger partial charge in [0.1, 0.15) is 18.5 Å². The summed E-state index contributed by atoms with van der Waals surface area (Å²) in [5.41, 5.74) is 1.07. The van der Waals surface area contributed by atoms with Crippen LogP contribution < -0.4 is 15.4 Å². The number of aliphatic hydroxyl groups is 1. The van der Waals surface area contributed by atoms with Gasteiger partial charge < -0.3 is 25.2 Å². The van der Waals surface area contributed by atoms with Crippen molar-refractivity contribution in [3.8, 4) is 5.75 Å². The number of aliphatic hydroxyl groups excluding tert-OH is 1. The van der Waals surface area contributed by atoms with Gasteiger partial charge in [-0.1, -0.05) is 23.7 Å². The Morgan fingerprint density at radius 3 is 2.54 bits per heavy atom. The van der Waals surface area contributed by atoms with Gasteiger partial charge in [-0.2, -0.15) is 0 Å². The molecule has 6 nitrogen and oxygen atoms in total. The number of benzene rings is 1. The molecule has 0 fully saturated rings. The van der Waals surface area contributed by atoms with E-state index in [1.54, 1.807) is 13.2 Å². The maximum Gasteiger partial charge on any atom is 0.191 e. The van der Waals surface area contributed by atoms with Gasteiger partial charge in [0, 0.05) is 25.1 Å². The topological polar surface area (TPSA) is 75.1 Å². The molecule has 0 aliphatic rings. The molecular formula is C19H27ClIN3O3S. The minimum Gasteiger partial charge on any atom is -0.491 e. The molecule has 0 amide bonds. The Kier molecular flexibility index (Phi) is 12.5. The van der Waals surface area contributed by atoms with Crippen LogP contribution in [0.3, 0.4) is 0 Å². The number of hydrogen-bond acceptors (Lipinski definition) is 5. The third kappa shape index (κ3) is 8.95. The maximum absolute atomic E-state index is 10.2. The van der Waals surface area contributed by atoms with Crippen LogP contribution in [0.2, 0.25) is 4.34 Å². The van der Waals surface area contributed by atoms with E-state index in [2.05, 4.69) is 15.6 Å². The van der Waals surface area contributed by atoms with E-state index in [1.165, 1.54) is 11.3 Å². The van der Waals surface area contributed by atoms with Gasteiger partial charge in [0.15, 0.2) is 5.96 Å². The summed E-state index contributed by atoms with van der Waals surface area (Å²) < 4.78 is 11.2. The zero-order chi connectivity index (χ0) is 19.5. The van der Waals surface area contributed by atoms with Crippen molar-refractivity contribution in [3.05, 3.63) is 51.2 Å². The molecule has 1 atom stereocenters. The quantitative estimate of drug-likeness (QED) is 0.185. The number of hydrogen-bond donors (Lipinski definition) is 3. The van der Waals surface area contributed by atoms with E-state index in [-0.39, 0.29) is 24.0 Å². The summed E-state index contributed by atoms with van der Waals surface area (Å²) in [4.78, 5) is 5.39. The van der Waals surface area contributed by atoms with Gasteiger partial charge in [-0.3, -0.25) is 0 Å². The fourth-order valence-electron chi connectivity index (χ4n) is 2.25. The Morgan fingerprint density at radius 2 is 1.93 bits per heavy atom. The van der Waals surface area contributed by atoms with E-state index in [4.69, 9.17) is 21.1 Å². The van der Waals surface area contributed by atoms with Crippen LogP contribution in [0.25, 0.3) is 0 Å². The Balaban J connectivity index is 0.00000392. The van der Waals surface area contributed by atoms with Crippen molar-refractivity contribution in [1.29, 1.82) is 0 Å². The molecule has 0 saturated carbocycles. The normalized spacial score (nSPS) is 12.2. The van der Waals surface area contributed by atoms with Crippen molar-refractivity contribution >= 4 is 52.9 Å². The van der Waals surface area contributed by atoms with Crippen LogP contribution in [0.4, 0.5) is 0 Å². The van der Waals surface area contributed by atoms with Crippen LogP contribution in [0.15, 0.2) is 41.4 Å². The first kappa shape index (κ1) is 25.0. The number of aliphatic imine (C=N–C) groups is 1.